The predicted octanol–water partition coefficient (Wildman–Crippen LogP) is 5.03. The molecule has 0 saturated heterocycles. The molecule has 7 heteroatoms. The second-order valence-corrected chi connectivity index (χ2v) is 9.75. The van der Waals surface area contributed by atoms with Crippen LogP contribution in [0.25, 0.3) is 0 Å². The van der Waals surface area contributed by atoms with Crippen molar-refractivity contribution < 1.29 is 13.2 Å². The molecule has 1 amide bonds. The molecule has 0 aliphatic rings. The lowest BCUT2D eigenvalue weighted by Gasteiger charge is -2.26. The molecule has 0 heterocycles. The molecular weight excluding hydrogens is 432 g/mol. The van der Waals surface area contributed by atoms with Crippen LogP contribution in [0.3, 0.4) is 0 Å². The fourth-order valence-electron chi connectivity index (χ4n) is 3.15. The molecule has 0 aromatic heterocycles. The third-order valence-electron chi connectivity index (χ3n) is 4.97. The van der Waals surface area contributed by atoms with Gasteiger partial charge in [0.15, 0.2) is 0 Å². The summed E-state index contributed by atoms with van der Waals surface area (Å²) < 4.78 is 27.9. The highest BCUT2D eigenvalue weighted by Gasteiger charge is 2.29. The Morgan fingerprint density at radius 1 is 0.935 bits per heavy atom. The fraction of sp³-hybridized carbons (Fsp3) is 0.208. The maximum atomic E-state index is 13.4. The summed E-state index contributed by atoms with van der Waals surface area (Å²) in [6.07, 6.45) is 0. The van der Waals surface area contributed by atoms with Crippen molar-refractivity contribution in [2.45, 2.75) is 31.7 Å². The van der Waals surface area contributed by atoms with E-state index >= 15 is 0 Å². The summed E-state index contributed by atoms with van der Waals surface area (Å²) in [6.45, 7) is 5.33. The largest absolute Gasteiger partial charge is 0.348 e. The summed E-state index contributed by atoms with van der Waals surface area (Å²) in [5.41, 5.74) is 3.25. The number of halogens is 1. The first kappa shape index (κ1) is 22.8. The van der Waals surface area contributed by atoms with Gasteiger partial charge in [-0.25, -0.2) is 8.42 Å². The van der Waals surface area contributed by atoms with Crippen LogP contribution < -0.4 is 9.62 Å². The number of carbonyl (C=O) groups excluding carboxylic acids is 1. The molecule has 5 nitrogen and oxygen atoms in total. The fourth-order valence-corrected chi connectivity index (χ4v) is 4.87. The van der Waals surface area contributed by atoms with Gasteiger partial charge >= 0.3 is 0 Å². The topological polar surface area (TPSA) is 66.5 Å². The summed E-state index contributed by atoms with van der Waals surface area (Å²) in [7, 11) is -4.01. The zero-order chi connectivity index (χ0) is 22.6. The minimum absolute atomic E-state index is 0.0948. The van der Waals surface area contributed by atoms with Crippen molar-refractivity contribution in [3.8, 4) is 0 Å². The van der Waals surface area contributed by atoms with Crippen LogP contribution in [-0.2, 0) is 14.8 Å². The van der Waals surface area contributed by atoms with Gasteiger partial charge in [0, 0.05) is 0 Å². The van der Waals surface area contributed by atoms with Gasteiger partial charge in [-0.1, -0.05) is 71.3 Å². The molecule has 162 valence electrons. The average Bonchev–Trinajstić information content (AvgIpc) is 2.73. The van der Waals surface area contributed by atoms with Gasteiger partial charge < -0.3 is 5.32 Å². The van der Waals surface area contributed by atoms with Gasteiger partial charge in [0.2, 0.25) is 5.91 Å². The molecule has 0 aliphatic carbocycles. The smallest absolute Gasteiger partial charge is 0.264 e. The number of anilines is 1. The lowest BCUT2D eigenvalue weighted by atomic mass is 10.1. The highest BCUT2D eigenvalue weighted by Crippen LogP contribution is 2.30. The summed E-state index contributed by atoms with van der Waals surface area (Å²) in [5, 5.41) is 3.13. The van der Waals surface area contributed by atoms with E-state index in [0.29, 0.717) is 0 Å². The molecule has 0 spiro atoms. The first-order valence-electron chi connectivity index (χ1n) is 9.88. The number of sulfonamides is 1. The summed E-state index contributed by atoms with van der Waals surface area (Å²) in [6, 6.07) is 20.6. The highest BCUT2D eigenvalue weighted by molar-refractivity contribution is 7.92. The molecule has 0 radical (unpaired) electrons. The standard InChI is InChI=1S/C24H25ClN2O3S/c1-17-8-12-20(13-9-17)19(3)26-24(28)16-27(23-7-5-4-6-22(23)25)31(29,30)21-14-10-18(2)11-15-21/h4-15,19H,16H2,1-3H3,(H,26,28)/t19-/m0/s1. The van der Waals surface area contributed by atoms with E-state index in [4.69, 9.17) is 11.6 Å². The summed E-state index contributed by atoms with van der Waals surface area (Å²) in [4.78, 5) is 13.0. The maximum Gasteiger partial charge on any atom is 0.264 e. The number of hydrogen-bond donors (Lipinski definition) is 1. The molecule has 3 aromatic carbocycles. The molecule has 0 fully saturated rings. The molecule has 3 aromatic rings. The van der Waals surface area contributed by atoms with Gasteiger partial charge in [-0.3, -0.25) is 9.10 Å². The minimum atomic E-state index is -4.01. The Bertz CT molecular complexity index is 1160. The number of amides is 1. The normalized spacial score (nSPS) is 12.3. The van der Waals surface area contributed by atoms with Gasteiger partial charge in [-0.15, -0.1) is 0 Å². The zero-order valence-corrected chi connectivity index (χ0v) is 19.2. The molecule has 0 aliphatic heterocycles. The number of rotatable bonds is 7. The monoisotopic (exact) mass is 456 g/mol. The third kappa shape index (κ3) is 5.46. The maximum absolute atomic E-state index is 13.4. The van der Waals surface area contributed by atoms with Gasteiger partial charge in [-0.05, 0) is 50.6 Å². The van der Waals surface area contributed by atoms with E-state index in [1.165, 1.54) is 12.1 Å². The predicted molar refractivity (Wildman–Crippen MR) is 125 cm³/mol. The quantitative estimate of drug-likeness (QED) is 0.542. The third-order valence-corrected chi connectivity index (χ3v) is 7.07. The minimum Gasteiger partial charge on any atom is -0.348 e. The van der Waals surface area contributed by atoms with E-state index in [0.717, 1.165) is 21.0 Å². The second kappa shape index (κ2) is 9.54. The second-order valence-electron chi connectivity index (χ2n) is 7.48. The molecule has 0 bridgehead atoms. The Labute approximate surface area is 188 Å². The first-order valence-corrected chi connectivity index (χ1v) is 11.7. The van der Waals surface area contributed by atoms with E-state index in [2.05, 4.69) is 5.32 Å². The van der Waals surface area contributed by atoms with E-state index in [9.17, 15) is 13.2 Å². The molecule has 1 atom stereocenters. The average molecular weight is 457 g/mol. The number of benzene rings is 3. The van der Waals surface area contributed by atoms with Gasteiger partial charge in [0.05, 0.1) is 21.6 Å². The van der Waals surface area contributed by atoms with Crippen LogP contribution >= 0.6 is 11.6 Å². The molecular formula is C24H25ClN2O3S. The molecule has 0 unspecified atom stereocenters. The van der Waals surface area contributed by atoms with Crippen molar-refractivity contribution in [2.24, 2.45) is 0 Å². The number of aryl methyl sites for hydroxylation is 2. The van der Waals surface area contributed by atoms with Gasteiger partial charge in [0.25, 0.3) is 10.0 Å². The van der Waals surface area contributed by atoms with Crippen molar-refractivity contribution in [1.82, 2.24) is 5.32 Å². The Balaban J connectivity index is 1.90. The number of para-hydroxylation sites is 1. The van der Waals surface area contributed by atoms with Crippen LogP contribution in [0.1, 0.15) is 29.7 Å². The van der Waals surface area contributed by atoms with Crippen LogP contribution in [0.2, 0.25) is 5.02 Å². The number of hydrogen-bond acceptors (Lipinski definition) is 3. The van der Waals surface area contributed by atoms with Crippen molar-refractivity contribution in [2.75, 3.05) is 10.8 Å². The number of nitrogens with one attached hydrogen (secondary N) is 1. The van der Waals surface area contributed by atoms with Gasteiger partial charge in [-0.2, -0.15) is 0 Å². The van der Waals surface area contributed by atoms with Crippen molar-refractivity contribution in [3.05, 3.63) is 94.5 Å². The molecule has 3 rings (SSSR count). The number of carbonyl (C=O) groups is 1. The lowest BCUT2D eigenvalue weighted by Crippen LogP contribution is -2.41. The lowest BCUT2D eigenvalue weighted by molar-refractivity contribution is -0.120. The summed E-state index contributed by atoms with van der Waals surface area (Å²) >= 11 is 6.30. The Morgan fingerprint density at radius 3 is 2.06 bits per heavy atom. The van der Waals surface area contributed by atoms with E-state index in [1.807, 2.05) is 45.0 Å². The van der Waals surface area contributed by atoms with Crippen molar-refractivity contribution in [1.29, 1.82) is 0 Å². The van der Waals surface area contributed by atoms with Crippen LogP contribution in [-0.4, -0.2) is 20.9 Å². The molecule has 1 N–H and O–H groups in total. The van der Waals surface area contributed by atoms with Crippen LogP contribution in [0.5, 0.6) is 0 Å². The van der Waals surface area contributed by atoms with E-state index < -0.39 is 22.5 Å². The van der Waals surface area contributed by atoms with E-state index in [-0.39, 0.29) is 21.6 Å². The van der Waals surface area contributed by atoms with Crippen LogP contribution in [0, 0.1) is 13.8 Å². The van der Waals surface area contributed by atoms with Crippen LogP contribution in [0.4, 0.5) is 5.69 Å². The van der Waals surface area contributed by atoms with Crippen molar-refractivity contribution >= 4 is 33.2 Å². The zero-order valence-electron chi connectivity index (χ0n) is 17.7. The number of nitrogens with zero attached hydrogens (tertiary/aromatic N) is 1. The molecule has 31 heavy (non-hydrogen) atoms. The highest BCUT2D eigenvalue weighted by atomic mass is 35.5. The Morgan fingerprint density at radius 2 is 1.48 bits per heavy atom. The van der Waals surface area contributed by atoms with Crippen LogP contribution in [0.15, 0.2) is 77.7 Å². The summed E-state index contributed by atoms with van der Waals surface area (Å²) in [5.74, 6) is -0.427. The van der Waals surface area contributed by atoms with Gasteiger partial charge in [0.1, 0.15) is 6.54 Å². The van der Waals surface area contributed by atoms with E-state index in [1.54, 1.807) is 36.4 Å². The first-order chi connectivity index (χ1) is 14.7. The Hall–Kier alpha value is -2.83. The molecule has 0 saturated carbocycles. The Kier molecular flexibility index (Phi) is 7.03. The SMILES string of the molecule is Cc1ccc([C@H](C)NC(=O)CN(c2ccccc2Cl)S(=O)(=O)c2ccc(C)cc2)cc1. The van der Waals surface area contributed by atoms with Crippen molar-refractivity contribution in [3.63, 3.8) is 0 Å².